The zero-order chi connectivity index (χ0) is 26.1. The van der Waals surface area contributed by atoms with Crippen LogP contribution in [0.15, 0.2) is 36.4 Å². The third kappa shape index (κ3) is 6.76. The van der Waals surface area contributed by atoms with Gasteiger partial charge in [-0.1, -0.05) is 67.0 Å². The number of ketones is 1. The van der Waals surface area contributed by atoms with E-state index < -0.39 is 0 Å². The highest BCUT2D eigenvalue weighted by Gasteiger charge is 2.38. The molecule has 198 valence electrons. The first kappa shape index (κ1) is 30.0. The predicted octanol–water partition coefficient (Wildman–Crippen LogP) is 7.45. The topological polar surface area (TPSA) is 64.4 Å². The number of nitrogens with one attached hydrogen (secondary N) is 1. The standard InChI is InChI=1S/C30H41FN2O2.BrH/c1-8-9-20-17-33(28(32)23(20)14-19-10-12-22(31)13-11-19)18-26(34)21-15-24(29(2,3)4)27(35)25(16-21)30(5,6)7;/h10-13,15-16,20,23,32,35H,8-9,14,17-18H2,1-7H3;1H/t20-,23+;/m0./s1. The minimum Gasteiger partial charge on any atom is -0.507 e. The van der Waals surface area contributed by atoms with Crippen molar-refractivity contribution in [2.45, 2.75) is 78.6 Å². The number of likely N-dealkylation sites (tertiary alicyclic amines) is 1. The molecule has 0 radical (unpaired) electrons. The molecule has 1 saturated heterocycles. The van der Waals surface area contributed by atoms with Crippen molar-refractivity contribution >= 4 is 28.6 Å². The van der Waals surface area contributed by atoms with E-state index in [1.807, 2.05) is 58.6 Å². The highest BCUT2D eigenvalue weighted by Crippen LogP contribution is 2.40. The Bertz CT molecular complexity index is 1050. The lowest BCUT2D eigenvalue weighted by molar-refractivity contribution is 0.0963. The summed E-state index contributed by atoms with van der Waals surface area (Å²) in [7, 11) is 0. The van der Waals surface area contributed by atoms with Crippen molar-refractivity contribution in [3.05, 3.63) is 64.5 Å². The molecule has 2 aromatic rings. The number of halogens is 2. The summed E-state index contributed by atoms with van der Waals surface area (Å²) in [5.74, 6) is 0.766. The van der Waals surface area contributed by atoms with E-state index in [-0.39, 0.29) is 57.6 Å². The van der Waals surface area contributed by atoms with Crippen molar-refractivity contribution in [2.75, 3.05) is 13.1 Å². The van der Waals surface area contributed by atoms with Crippen LogP contribution in [0.4, 0.5) is 4.39 Å². The second-order valence-electron chi connectivity index (χ2n) is 12.1. The van der Waals surface area contributed by atoms with Crippen LogP contribution in [0.1, 0.15) is 88.4 Å². The molecular formula is C30H42BrFN2O2. The van der Waals surface area contributed by atoms with E-state index in [0.29, 0.717) is 30.3 Å². The molecule has 4 nitrogen and oxygen atoms in total. The molecule has 0 unspecified atom stereocenters. The Morgan fingerprint density at radius 3 is 2.06 bits per heavy atom. The summed E-state index contributed by atoms with van der Waals surface area (Å²) < 4.78 is 13.4. The van der Waals surface area contributed by atoms with Crippen molar-refractivity contribution in [1.82, 2.24) is 4.90 Å². The van der Waals surface area contributed by atoms with E-state index in [0.717, 1.165) is 29.5 Å². The third-order valence-electron chi connectivity index (χ3n) is 7.13. The van der Waals surface area contributed by atoms with Gasteiger partial charge in [-0.2, -0.15) is 0 Å². The average molecular weight is 562 g/mol. The van der Waals surface area contributed by atoms with Crippen LogP contribution in [0.5, 0.6) is 5.75 Å². The number of benzene rings is 2. The number of carbonyl (C=O) groups excluding carboxylic acids is 1. The predicted molar refractivity (Wildman–Crippen MR) is 151 cm³/mol. The van der Waals surface area contributed by atoms with Gasteiger partial charge in [0.15, 0.2) is 5.78 Å². The number of hydrogen-bond acceptors (Lipinski definition) is 3. The summed E-state index contributed by atoms with van der Waals surface area (Å²) in [6.45, 7) is 15.2. The zero-order valence-electron chi connectivity index (χ0n) is 22.7. The smallest absolute Gasteiger partial charge is 0.182 e. The summed E-state index contributed by atoms with van der Waals surface area (Å²) in [5, 5.41) is 19.9. The van der Waals surface area contributed by atoms with Crippen LogP contribution in [-0.2, 0) is 17.3 Å². The Labute approximate surface area is 226 Å². The molecule has 0 amide bonds. The van der Waals surface area contributed by atoms with Gasteiger partial charge in [-0.3, -0.25) is 10.2 Å². The molecule has 3 rings (SSSR count). The molecule has 1 heterocycles. The zero-order valence-corrected chi connectivity index (χ0v) is 24.5. The number of Topliss-reactive ketones (excluding diaryl/α,β-unsaturated/α-hetero) is 1. The molecule has 2 atom stereocenters. The number of aromatic hydroxyl groups is 1. The van der Waals surface area contributed by atoms with E-state index in [2.05, 4.69) is 6.92 Å². The normalized spacial score (nSPS) is 18.3. The van der Waals surface area contributed by atoms with Crippen LogP contribution in [0, 0.1) is 23.1 Å². The van der Waals surface area contributed by atoms with Crippen LogP contribution >= 0.6 is 17.0 Å². The van der Waals surface area contributed by atoms with Crippen molar-refractivity contribution in [2.24, 2.45) is 11.8 Å². The van der Waals surface area contributed by atoms with Gasteiger partial charge in [-0.15, -0.1) is 17.0 Å². The first-order chi connectivity index (χ1) is 16.2. The number of nitrogens with zero attached hydrogens (tertiary/aromatic N) is 1. The maximum absolute atomic E-state index is 13.5. The molecule has 0 spiro atoms. The van der Waals surface area contributed by atoms with Crippen molar-refractivity contribution < 1.29 is 14.3 Å². The molecule has 36 heavy (non-hydrogen) atoms. The van der Waals surface area contributed by atoms with Crippen molar-refractivity contribution in [3.8, 4) is 5.75 Å². The fourth-order valence-electron chi connectivity index (χ4n) is 5.12. The first-order valence-corrected chi connectivity index (χ1v) is 12.7. The average Bonchev–Trinajstić information content (AvgIpc) is 3.03. The monoisotopic (exact) mass is 560 g/mol. The van der Waals surface area contributed by atoms with E-state index in [1.165, 1.54) is 12.1 Å². The van der Waals surface area contributed by atoms with Gasteiger partial charge < -0.3 is 10.0 Å². The van der Waals surface area contributed by atoms with E-state index in [1.54, 1.807) is 12.1 Å². The molecule has 6 heteroatoms. The van der Waals surface area contributed by atoms with Crippen LogP contribution in [0.2, 0.25) is 0 Å². The summed E-state index contributed by atoms with van der Waals surface area (Å²) in [5.41, 5.74) is 2.50. The summed E-state index contributed by atoms with van der Waals surface area (Å²) in [6, 6.07) is 10.2. The maximum atomic E-state index is 13.5. The molecule has 0 aliphatic carbocycles. The second kappa shape index (κ2) is 11.5. The Hall–Kier alpha value is -2.21. The van der Waals surface area contributed by atoms with Crippen LogP contribution in [0.25, 0.3) is 0 Å². The van der Waals surface area contributed by atoms with Gasteiger partial charge in [0.1, 0.15) is 17.4 Å². The van der Waals surface area contributed by atoms with Gasteiger partial charge in [0.2, 0.25) is 0 Å². The Morgan fingerprint density at radius 2 is 1.58 bits per heavy atom. The molecule has 1 fully saturated rings. The van der Waals surface area contributed by atoms with Crippen LogP contribution in [-0.4, -0.2) is 34.7 Å². The number of phenols is 1. The maximum Gasteiger partial charge on any atom is 0.182 e. The minimum atomic E-state index is -0.312. The van der Waals surface area contributed by atoms with Gasteiger partial charge in [0, 0.05) is 29.2 Å². The van der Waals surface area contributed by atoms with E-state index >= 15 is 0 Å². The number of carbonyl (C=O) groups is 1. The molecule has 1 aliphatic heterocycles. The molecule has 2 N–H and O–H groups in total. The molecule has 1 aliphatic rings. The largest absolute Gasteiger partial charge is 0.507 e. The summed E-state index contributed by atoms with van der Waals surface area (Å²) >= 11 is 0. The van der Waals surface area contributed by atoms with Gasteiger partial charge in [-0.25, -0.2) is 4.39 Å². The van der Waals surface area contributed by atoms with Crippen LogP contribution in [0.3, 0.4) is 0 Å². The number of rotatable bonds is 7. The van der Waals surface area contributed by atoms with Crippen LogP contribution < -0.4 is 0 Å². The van der Waals surface area contributed by atoms with Gasteiger partial charge in [0.25, 0.3) is 0 Å². The minimum absolute atomic E-state index is 0. The van der Waals surface area contributed by atoms with Crippen molar-refractivity contribution in [3.63, 3.8) is 0 Å². The fraction of sp³-hybridized carbons (Fsp3) is 0.533. The van der Waals surface area contributed by atoms with Gasteiger partial charge in [-0.05, 0) is 59.4 Å². The van der Waals surface area contributed by atoms with E-state index in [4.69, 9.17) is 5.41 Å². The quantitative estimate of drug-likeness (QED) is 0.345. The fourth-order valence-corrected chi connectivity index (χ4v) is 5.12. The highest BCUT2D eigenvalue weighted by atomic mass is 79.9. The number of phenolic OH excluding ortho intramolecular Hbond substituents is 1. The molecule has 0 aromatic heterocycles. The van der Waals surface area contributed by atoms with Gasteiger partial charge in [0.05, 0.1) is 6.54 Å². The SMILES string of the molecule is Br.CCC[C@H]1CN(CC(=O)c2cc(C(C)(C)C)c(O)c(C(C)(C)C)c2)C(=N)[C@@H]1Cc1ccc(F)cc1. The van der Waals surface area contributed by atoms with Gasteiger partial charge >= 0.3 is 0 Å². The first-order valence-electron chi connectivity index (χ1n) is 12.7. The third-order valence-corrected chi connectivity index (χ3v) is 7.13. The molecule has 2 aromatic carbocycles. The lowest BCUT2D eigenvalue weighted by Crippen LogP contribution is -2.33. The van der Waals surface area contributed by atoms with Crippen molar-refractivity contribution in [1.29, 1.82) is 5.41 Å². The number of amidine groups is 1. The summed E-state index contributed by atoms with van der Waals surface area (Å²) in [4.78, 5) is 15.4. The summed E-state index contributed by atoms with van der Waals surface area (Å²) in [6.07, 6.45) is 2.68. The number of hydrogen-bond donors (Lipinski definition) is 2. The Balaban J connectivity index is 0.00000456. The molecule has 0 saturated carbocycles. The lowest BCUT2D eigenvalue weighted by Gasteiger charge is -2.28. The Kier molecular flexibility index (Phi) is 9.55. The lowest BCUT2D eigenvalue weighted by atomic mass is 9.78. The second-order valence-corrected chi connectivity index (χ2v) is 12.1. The molecule has 0 bridgehead atoms. The van der Waals surface area contributed by atoms with E-state index in [9.17, 15) is 14.3 Å². The highest BCUT2D eigenvalue weighted by molar-refractivity contribution is 8.93. The molecular weight excluding hydrogens is 519 g/mol. The Morgan fingerprint density at radius 1 is 1.06 bits per heavy atom.